The number of hydrogen-bond donors (Lipinski definition) is 0. The Bertz CT molecular complexity index is 334. The molecule has 0 amide bonds. The van der Waals surface area contributed by atoms with Gasteiger partial charge in [0.1, 0.15) is 11.5 Å². The third kappa shape index (κ3) is 2.74. The van der Waals surface area contributed by atoms with Gasteiger partial charge >= 0.3 is 0 Å². The van der Waals surface area contributed by atoms with Gasteiger partial charge in [0, 0.05) is 23.4 Å². The highest BCUT2D eigenvalue weighted by atomic mass is 35.5. The van der Waals surface area contributed by atoms with Crippen LogP contribution in [0.4, 0.5) is 0 Å². The van der Waals surface area contributed by atoms with Crippen molar-refractivity contribution in [2.45, 2.75) is 19.8 Å². The van der Waals surface area contributed by atoms with Gasteiger partial charge in [-0.05, 0) is 18.2 Å². The second-order valence-electron chi connectivity index (χ2n) is 3.03. The predicted octanol–water partition coefficient (Wildman–Crippen LogP) is 2.87. The molecule has 14 heavy (non-hydrogen) atoms. The lowest BCUT2D eigenvalue weighted by Gasteiger charge is -2.07. The molecule has 1 aromatic carbocycles. The first-order valence-electron chi connectivity index (χ1n) is 4.51. The number of Topliss-reactive ketones (excluding diaryl/α,β-unsaturated/α-hetero) is 1. The van der Waals surface area contributed by atoms with Gasteiger partial charge in [-0.15, -0.1) is 0 Å². The summed E-state index contributed by atoms with van der Waals surface area (Å²) in [7, 11) is 1.59. The van der Waals surface area contributed by atoms with Crippen molar-refractivity contribution in [2.24, 2.45) is 0 Å². The molecule has 0 radical (unpaired) electrons. The van der Waals surface area contributed by atoms with Crippen LogP contribution in [0.3, 0.4) is 0 Å². The lowest BCUT2D eigenvalue weighted by Crippen LogP contribution is -2.02. The van der Waals surface area contributed by atoms with Gasteiger partial charge in [-0.2, -0.15) is 0 Å². The van der Waals surface area contributed by atoms with Gasteiger partial charge in [0.15, 0.2) is 0 Å². The van der Waals surface area contributed by atoms with Crippen molar-refractivity contribution in [1.82, 2.24) is 0 Å². The molecule has 0 aliphatic heterocycles. The summed E-state index contributed by atoms with van der Waals surface area (Å²) in [5.74, 6) is 0.904. The minimum atomic E-state index is 0.186. The first-order valence-corrected chi connectivity index (χ1v) is 4.89. The molecule has 0 bridgehead atoms. The molecular formula is C11H13ClO2. The zero-order chi connectivity index (χ0) is 10.6. The van der Waals surface area contributed by atoms with Crippen molar-refractivity contribution < 1.29 is 9.53 Å². The summed E-state index contributed by atoms with van der Waals surface area (Å²) in [6.45, 7) is 1.85. The number of hydrogen-bond acceptors (Lipinski definition) is 2. The third-order valence-corrected chi connectivity index (χ3v) is 2.26. The Hall–Kier alpha value is -1.02. The van der Waals surface area contributed by atoms with E-state index in [1.807, 2.05) is 6.92 Å². The van der Waals surface area contributed by atoms with Gasteiger partial charge in [-0.3, -0.25) is 4.79 Å². The minimum absolute atomic E-state index is 0.186. The van der Waals surface area contributed by atoms with Crippen LogP contribution in [0.2, 0.25) is 5.02 Å². The number of rotatable bonds is 4. The number of carbonyl (C=O) groups is 1. The van der Waals surface area contributed by atoms with Crippen LogP contribution < -0.4 is 4.74 Å². The van der Waals surface area contributed by atoms with E-state index in [1.54, 1.807) is 25.3 Å². The predicted molar refractivity (Wildman–Crippen MR) is 57.0 cm³/mol. The highest BCUT2D eigenvalue weighted by Crippen LogP contribution is 2.23. The van der Waals surface area contributed by atoms with Crippen LogP contribution in [0.15, 0.2) is 18.2 Å². The molecule has 0 aliphatic rings. The van der Waals surface area contributed by atoms with E-state index in [2.05, 4.69) is 0 Å². The third-order valence-electron chi connectivity index (χ3n) is 2.02. The number of ether oxygens (including phenoxy) is 1. The molecule has 0 unspecified atom stereocenters. The minimum Gasteiger partial charge on any atom is -0.496 e. The molecule has 0 heterocycles. The summed E-state index contributed by atoms with van der Waals surface area (Å²) in [6.07, 6.45) is 0.926. The molecule has 1 aromatic rings. The largest absolute Gasteiger partial charge is 0.496 e. The van der Waals surface area contributed by atoms with Crippen LogP contribution in [-0.4, -0.2) is 12.9 Å². The number of halogens is 1. The summed E-state index contributed by atoms with van der Waals surface area (Å²) in [4.78, 5) is 11.3. The van der Waals surface area contributed by atoms with E-state index in [1.165, 1.54) is 0 Å². The Kier molecular flexibility index (Phi) is 3.96. The van der Waals surface area contributed by atoms with E-state index in [4.69, 9.17) is 16.3 Å². The van der Waals surface area contributed by atoms with Crippen molar-refractivity contribution in [1.29, 1.82) is 0 Å². The van der Waals surface area contributed by atoms with Crippen LogP contribution in [0.25, 0.3) is 0 Å². The van der Waals surface area contributed by atoms with Crippen molar-refractivity contribution in [3.05, 3.63) is 28.8 Å². The topological polar surface area (TPSA) is 26.3 Å². The maximum absolute atomic E-state index is 11.3. The first-order chi connectivity index (χ1) is 6.67. The molecule has 0 saturated heterocycles. The first kappa shape index (κ1) is 11.1. The van der Waals surface area contributed by atoms with E-state index >= 15 is 0 Å². The summed E-state index contributed by atoms with van der Waals surface area (Å²) in [5, 5.41) is 0.629. The van der Waals surface area contributed by atoms with Gasteiger partial charge in [-0.1, -0.05) is 18.5 Å². The van der Waals surface area contributed by atoms with Crippen LogP contribution >= 0.6 is 11.6 Å². The normalized spacial score (nSPS) is 9.93. The van der Waals surface area contributed by atoms with Crippen LogP contribution in [-0.2, 0) is 11.2 Å². The Morgan fingerprint density at radius 2 is 2.21 bits per heavy atom. The van der Waals surface area contributed by atoms with Crippen LogP contribution in [0.5, 0.6) is 5.75 Å². The lowest BCUT2D eigenvalue weighted by atomic mass is 10.1. The quantitative estimate of drug-likeness (QED) is 0.767. The highest BCUT2D eigenvalue weighted by Gasteiger charge is 2.07. The summed E-state index contributed by atoms with van der Waals surface area (Å²) >= 11 is 5.83. The van der Waals surface area contributed by atoms with Crippen molar-refractivity contribution in [2.75, 3.05) is 7.11 Å². The maximum Gasteiger partial charge on any atom is 0.137 e. The number of carbonyl (C=O) groups excluding carboxylic acids is 1. The standard InChI is InChI=1S/C11H13ClO2/c1-3-10(13)7-8-6-9(12)4-5-11(8)14-2/h4-6H,3,7H2,1-2H3. The Balaban J connectivity index is 2.93. The fourth-order valence-electron chi connectivity index (χ4n) is 1.22. The molecule has 0 aromatic heterocycles. The molecule has 0 spiro atoms. The SMILES string of the molecule is CCC(=O)Cc1cc(Cl)ccc1OC. The van der Waals surface area contributed by atoms with Gasteiger partial charge in [0.05, 0.1) is 7.11 Å². The second-order valence-corrected chi connectivity index (χ2v) is 3.46. The fraction of sp³-hybridized carbons (Fsp3) is 0.364. The highest BCUT2D eigenvalue weighted by molar-refractivity contribution is 6.30. The fourth-order valence-corrected chi connectivity index (χ4v) is 1.42. The van der Waals surface area contributed by atoms with E-state index in [0.717, 1.165) is 11.3 Å². The molecule has 0 saturated carbocycles. The molecule has 1 rings (SSSR count). The molecule has 76 valence electrons. The van der Waals surface area contributed by atoms with Gasteiger partial charge in [-0.25, -0.2) is 0 Å². The van der Waals surface area contributed by atoms with Crippen LogP contribution in [0.1, 0.15) is 18.9 Å². The van der Waals surface area contributed by atoms with Crippen molar-refractivity contribution in [3.63, 3.8) is 0 Å². The second kappa shape index (κ2) is 5.01. The molecular weight excluding hydrogens is 200 g/mol. The molecule has 0 aliphatic carbocycles. The number of benzene rings is 1. The van der Waals surface area contributed by atoms with Crippen LogP contribution in [0, 0.1) is 0 Å². The van der Waals surface area contributed by atoms with Gasteiger partial charge in [0.25, 0.3) is 0 Å². The Labute approximate surface area is 88.8 Å². The van der Waals surface area contributed by atoms with Gasteiger partial charge in [0.2, 0.25) is 0 Å². The smallest absolute Gasteiger partial charge is 0.137 e. The zero-order valence-electron chi connectivity index (χ0n) is 8.34. The van der Waals surface area contributed by atoms with E-state index in [0.29, 0.717) is 17.9 Å². The average Bonchev–Trinajstić information content (AvgIpc) is 2.18. The Morgan fingerprint density at radius 1 is 1.50 bits per heavy atom. The molecule has 0 N–H and O–H groups in total. The average molecular weight is 213 g/mol. The number of ketones is 1. The lowest BCUT2D eigenvalue weighted by molar-refractivity contribution is -0.118. The summed E-state index contributed by atoms with van der Waals surface area (Å²) in [6, 6.07) is 5.30. The zero-order valence-corrected chi connectivity index (χ0v) is 9.10. The van der Waals surface area contributed by atoms with Crippen molar-refractivity contribution >= 4 is 17.4 Å². The Morgan fingerprint density at radius 3 is 2.79 bits per heavy atom. The molecule has 0 atom stereocenters. The molecule has 2 nitrogen and oxygen atoms in total. The maximum atomic E-state index is 11.3. The van der Waals surface area contributed by atoms with E-state index in [-0.39, 0.29) is 5.78 Å². The summed E-state index contributed by atoms with van der Waals surface area (Å²) in [5.41, 5.74) is 0.854. The molecule has 3 heteroatoms. The monoisotopic (exact) mass is 212 g/mol. The van der Waals surface area contributed by atoms with Gasteiger partial charge < -0.3 is 4.74 Å². The van der Waals surface area contributed by atoms with E-state index in [9.17, 15) is 4.79 Å². The van der Waals surface area contributed by atoms with Crippen molar-refractivity contribution in [3.8, 4) is 5.75 Å². The summed E-state index contributed by atoms with van der Waals surface area (Å²) < 4.78 is 5.13. The molecule has 0 fully saturated rings. The van der Waals surface area contributed by atoms with E-state index < -0.39 is 0 Å². The number of methoxy groups -OCH3 is 1.